The summed E-state index contributed by atoms with van der Waals surface area (Å²) < 4.78 is 13.2. The first-order valence-corrected chi connectivity index (χ1v) is 12.3. The van der Waals surface area contributed by atoms with Crippen LogP contribution in [0.3, 0.4) is 0 Å². The lowest BCUT2D eigenvalue weighted by atomic mass is 10.1. The molecule has 0 aliphatic carbocycles. The van der Waals surface area contributed by atoms with E-state index in [4.69, 9.17) is 9.47 Å². The highest BCUT2D eigenvalue weighted by atomic mass is 16.5. The average Bonchev–Trinajstić information content (AvgIpc) is 2.89. The summed E-state index contributed by atoms with van der Waals surface area (Å²) in [6, 6.07) is 20.6. The maximum Gasteiger partial charge on any atom is 0.344 e. The van der Waals surface area contributed by atoms with Gasteiger partial charge in [-0.2, -0.15) is 0 Å². The lowest BCUT2D eigenvalue weighted by molar-refractivity contribution is -0.671. The maximum atomic E-state index is 12.3. The van der Waals surface area contributed by atoms with Gasteiger partial charge in [0.1, 0.15) is 18.4 Å². The molecule has 182 valence electrons. The van der Waals surface area contributed by atoms with Crippen molar-refractivity contribution in [3.05, 3.63) is 102 Å². The summed E-state index contributed by atoms with van der Waals surface area (Å²) in [5.41, 5.74) is 2.15. The summed E-state index contributed by atoms with van der Waals surface area (Å²) in [5.74, 6) is 0.501. The molecule has 0 spiro atoms. The second-order valence-corrected chi connectivity index (χ2v) is 8.47. The third-order valence-corrected chi connectivity index (χ3v) is 5.60. The summed E-state index contributed by atoms with van der Waals surface area (Å²) >= 11 is 0. The number of ether oxygens (including phenoxy) is 2. The molecule has 0 unspecified atom stereocenters. The second-order valence-electron chi connectivity index (χ2n) is 8.47. The summed E-state index contributed by atoms with van der Waals surface area (Å²) in [4.78, 5) is 24.3. The lowest BCUT2D eigenvalue weighted by Crippen LogP contribution is -2.28. The number of hydrogen-bond acceptors (Lipinski definition) is 4. The van der Waals surface area contributed by atoms with Gasteiger partial charge in [0.15, 0.2) is 18.2 Å². The van der Waals surface area contributed by atoms with Crippen molar-refractivity contribution in [1.29, 1.82) is 0 Å². The number of pyridine rings is 1. The number of aryl methyl sites for hydroxylation is 1. The molecular weight excluding hydrogens is 438 g/mol. The van der Waals surface area contributed by atoms with Crippen molar-refractivity contribution in [1.82, 2.24) is 0 Å². The van der Waals surface area contributed by atoms with Crippen LogP contribution in [-0.2, 0) is 11.8 Å². The number of carbonyl (C=O) groups excluding carboxylic acids is 2. The Morgan fingerprint density at radius 2 is 1.43 bits per heavy atom. The Labute approximate surface area is 208 Å². The van der Waals surface area contributed by atoms with Crippen LogP contribution in [0.4, 0.5) is 0 Å². The molecule has 0 radical (unpaired) electrons. The number of hydrogen-bond donors (Lipinski definition) is 0. The Morgan fingerprint density at radius 1 is 0.771 bits per heavy atom. The van der Waals surface area contributed by atoms with E-state index < -0.39 is 0 Å². The predicted molar refractivity (Wildman–Crippen MR) is 137 cm³/mol. The number of rotatable bonds is 14. The zero-order chi connectivity index (χ0) is 24.7. The smallest absolute Gasteiger partial charge is 0.344 e. The molecule has 0 atom stereocenters. The first-order valence-electron chi connectivity index (χ1n) is 12.3. The van der Waals surface area contributed by atoms with E-state index in [0.717, 1.165) is 49.8 Å². The summed E-state index contributed by atoms with van der Waals surface area (Å²) in [6.45, 7) is 1.10. The minimum Gasteiger partial charge on any atom is -0.493 e. The summed E-state index contributed by atoms with van der Waals surface area (Å²) in [7, 11) is 1.88. The van der Waals surface area contributed by atoms with E-state index in [1.165, 1.54) is 0 Å². The molecule has 0 saturated heterocycles. The van der Waals surface area contributed by atoms with E-state index >= 15 is 0 Å². The molecule has 0 saturated carbocycles. The van der Waals surface area contributed by atoms with E-state index in [1.54, 1.807) is 18.3 Å². The third-order valence-electron chi connectivity index (χ3n) is 5.60. The molecule has 3 aromatic rings. The largest absolute Gasteiger partial charge is 0.493 e. The number of benzene rings is 2. The highest BCUT2D eigenvalue weighted by Gasteiger charge is 2.10. The number of nitrogens with zero attached hydrogens (tertiary/aromatic N) is 1. The van der Waals surface area contributed by atoms with Crippen molar-refractivity contribution in [3.63, 3.8) is 0 Å². The SMILES string of the molecule is C[n+]1cccc(C(=O)OCCCCCCCCOc2ccccc2/C=C/C(=O)c2ccccc2)c1. The van der Waals surface area contributed by atoms with Crippen molar-refractivity contribution >= 4 is 17.8 Å². The van der Waals surface area contributed by atoms with Crippen molar-refractivity contribution < 1.29 is 23.6 Å². The normalized spacial score (nSPS) is 10.9. The van der Waals surface area contributed by atoms with Gasteiger partial charge in [-0.3, -0.25) is 4.79 Å². The van der Waals surface area contributed by atoms with E-state index in [0.29, 0.717) is 24.3 Å². The van der Waals surface area contributed by atoms with Crippen LogP contribution in [0.15, 0.2) is 85.2 Å². The first kappa shape index (κ1) is 25.9. The number of carbonyl (C=O) groups is 2. The van der Waals surface area contributed by atoms with Crippen molar-refractivity contribution in [3.8, 4) is 5.75 Å². The minimum absolute atomic E-state index is 0.0238. The molecule has 3 rings (SSSR count). The van der Waals surface area contributed by atoms with E-state index in [2.05, 4.69) is 0 Å². The van der Waals surface area contributed by atoms with E-state index in [9.17, 15) is 9.59 Å². The highest BCUT2D eigenvalue weighted by Crippen LogP contribution is 2.20. The Bertz CT molecular complexity index is 1110. The molecule has 35 heavy (non-hydrogen) atoms. The molecule has 0 N–H and O–H groups in total. The molecule has 0 aliphatic rings. The van der Waals surface area contributed by atoms with Crippen LogP contribution >= 0.6 is 0 Å². The van der Waals surface area contributed by atoms with Crippen molar-refractivity contribution in [2.45, 2.75) is 38.5 Å². The molecule has 0 bridgehead atoms. The van der Waals surface area contributed by atoms with Crippen molar-refractivity contribution in [2.75, 3.05) is 13.2 Å². The number of unbranched alkanes of at least 4 members (excludes halogenated alkanes) is 5. The van der Waals surface area contributed by atoms with Gasteiger partial charge in [-0.15, -0.1) is 0 Å². The Hall–Kier alpha value is -3.73. The third kappa shape index (κ3) is 9.20. The molecule has 5 heteroatoms. The van der Waals surface area contributed by atoms with E-state index in [-0.39, 0.29) is 11.8 Å². The monoisotopic (exact) mass is 472 g/mol. The molecule has 0 fully saturated rings. The van der Waals surface area contributed by atoms with Gasteiger partial charge >= 0.3 is 5.97 Å². The molecule has 1 heterocycles. The number of allylic oxidation sites excluding steroid dienone is 1. The zero-order valence-corrected chi connectivity index (χ0v) is 20.4. The van der Waals surface area contributed by atoms with Crippen LogP contribution in [-0.4, -0.2) is 25.0 Å². The van der Waals surface area contributed by atoms with Gasteiger partial charge in [0.2, 0.25) is 0 Å². The Morgan fingerprint density at radius 3 is 2.20 bits per heavy atom. The topological polar surface area (TPSA) is 56.5 Å². The molecule has 2 aromatic carbocycles. The number of aromatic nitrogens is 1. The van der Waals surface area contributed by atoms with Crippen LogP contribution in [0.2, 0.25) is 0 Å². The Balaban J connectivity index is 1.27. The number of para-hydroxylation sites is 1. The number of ketones is 1. The predicted octanol–water partition coefficient (Wildman–Crippen LogP) is 5.98. The fourth-order valence-electron chi connectivity index (χ4n) is 3.66. The van der Waals surface area contributed by atoms with Crippen LogP contribution in [0.5, 0.6) is 5.75 Å². The zero-order valence-electron chi connectivity index (χ0n) is 20.4. The fraction of sp³-hybridized carbons (Fsp3) is 0.300. The molecule has 0 amide bonds. The van der Waals surface area contributed by atoms with Crippen LogP contribution in [0.1, 0.15) is 64.8 Å². The van der Waals surface area contributed by atoms with Crippen LogP contribution in [0, 0.1) is 0 Å². The second kappa shape index (κ2) is 14.5. The molecule has 0 aliphatic heterocycles. The minimum atomic E-state index is -0.266. The molecular formula is C30H34NO4+. The van der Waals surface area contributed by atoms with Crippen molar-refractivity contribution in [2.24, 2.45) is 7.05 Å². The van der Waals surface area contributed by atoms with Crippen LogP contribution < -0.4 is 9.30 Å². The first-order chi connectivity index (χ1) is 17.1. The van der Waals surface area contributed by atoms with Gasteiger partial charge in [0.05, 0.1) is 13.2 Å². The number of esters is 1. The molecule has 5 nitrogen and oxygen atoms in total. The fourth-order valence-corrected chi connectivity index (χ4v) is 3.66. The van der Waals surface area contributed by atoms with Gasteiger partial charge < -0.3 is 9.47 Å². The van der Waals surface area contributed by atoms with Gasteiger partial charge in [-0.05, 0) is 37.1 Å². The Kier molecular flexibility index (Phi) is 10.7. The lowest BCUT2D eigenvalue weighted by Gasteiger charge is -2.09. The van der Waals surface area contributed by atoms with Gasteiger partial charge in [-0.25, -0.2) is 9.36 Å². The van der Waals surface area contributed by atoms with Gasteiger partial charge in [0, 0.05) is 17.2 Å². The summed E-state index contributed by atoms with van der Waals surface area (Å²) in [5, 5.41) is 0. The molecule has 1 aromatic heterocycles. The standard InChI is InChI=1S/C30H34NO4/c1-31-21-13-17-27(24-31)30(33)35-23-12-5-3-2-4-11-22-34-29-18-10-9-16-26(29)19-20-28(32)25-14-7-6-8-15-25/h6-10,13-21,24H,2-5,11-12,22-23H2,1H3/q+1/b20-19+. The van der Waals surface area contributed by atoms with Gasteiger partial charge in [-0.1, -0.05) is 74.2 Å². The average molecular weight is 473 g/mol. The summed E-state index contributed by atoms with van der Waals surface area (Å²) in [6.07, 6.45) is 13.3. The highest BCUT2D eigenvalue weighted by molar-refractivity contribution is 6.06. The maximum absolute atomic E-state index is 12.3. The quantitative estimate of drug-likeness (QED) is 0.0952. The van der Waals surface area contributed by atoms with Crippen LogP contribution in [0.25, 0.3) is 6.08 Å². The van der Waals surface area contributed by atoms with Gasteiger partial charge in [0.25, 0.3) is 0 Å². The van der Waals surface area contributed by atoms with E-state index in [1.807, 2.05) is 84.6 Å².